The molecule has 1 aliphatic rings. The molecule has 1 rings (SSSR count). The van der Waals surface area contributed by atoms with Gasteiger partial charge in [0.1, 0.15) is 0 Å². The van der Waals surface area contributed by atoms with Crippen molar-refractivity contribution in [2.45, 2.75) is 82.0 Å². The highest BCUT2D eigenvalue weighted by Crippen LogP contribution is 2.31. The Balaban J connectivity index is 2.43. The van der Waals surface area contributed by atoms with Crippen molar-refractivity contribution in [1.82, 2.24) is 0 Å². The van der Waals surface area contributed by atoms with E-state index in [4.69, 9.17) is 10.2 Å². The van der Waals surface area contributed by atoms with Gasteiger partial charge in [-0.2, -0.15) is 0 Å². The molecule has 6 nitrogen and oxygen atoms in total. The number of hydrogen-bond donors (Lipinski definition) is 3. The van der Waals surface area contributed by atoms with Crippen molar-refractivity contribution in [3.63, 3.8) is 0 Å². The van der Waals surface area contributed by atoms with Crippen LogP contribution in [0.2, 0.25) is 0 Å². The Morgan fingerprint density at radius 1 is 1.00 bits per heavy atom. The molecule has 0 bridgehead atoms. The van der Waals surface area contributed by atoms with Crippen molar-refractivity contribution in [2.24, 2.45) is 5.92 Å². The Morgan fingerprint density at radius 3 is 2.35 bits per heavy atom. The van der Waals surface area contributed by atoms with E-state index in [0.717, 1.165) is 38.5 Å². The van der Waals surface area contributed by atoms with Crippen LogP contribution in [0.4, 0.5) is 0 Å². The lowest BCUT2D eigenvalue weighted by Gasteiger charge is -2.15. The van der Waals surface area contributed by atoms with Crippen molar-refractivity contribution in [2.75, 3.05) is 12.4 Å². The van der Waals surface area contributed by atoms with E-state index in [1.165, 1.54) is 0 Å². The van der Waals surface area contributed by atoms with Gasteiger partial charge in [0, 0.05) is 19.4 Å². The van der Waals surface area contributed by atoms with Crippen LogP contribution in [-0.4, -0.2) is 53.4 Å². The van der Waals surface area contributed by atoms with Crippen molar-refractivity contribution in [3.8, 4) is 11.8 Å². The van der Waals surface area contributed by atoms with E-state index < -0.39 is 33.1 Å². The van der Waals surface area contributed by atoms with Gasteiger partial charge in [0.2, 0.25) is 0 Å². The van der Waals surface area contributed by atoms with Gasteiger partial charge in [-0.1, -0.05) is 38.0 Å². The molecule has 1 fully saturated rings. The molecule has 150 valence electrons. The number of aliphatic carboxylic acids is 1. The minimum Gasteiger partial charge on any atom is -0.481 e. The van der Waals surface area contributed by atoms with Crippen LogP contribution in [0.15, 0.2) is 0 Å². The second-order valence-corrected chi connectivity index (χ2v) is 9.28. The first-order valence-corrected chi connectivity index (χ1v) is 11.3. The molecule has 0 aromatic heterocycles. The Hall–Kier alpha value is -1.10. The highest BCUT2D eigenvalue weighted by atomic mass is 32.2. The lowest BCUT2D eigenvalue weighted by molar-refractivity contribution is -0.137. The molecular formula is C19H32O6S. The molecule has 0 saturated carbocycles. The highest BCUT2D eigenvalue weighted by molar-refractivity contribution is 7.92. The number of aliphatic hydroxyl groups excluding tert-OH is 2. The highest BCUT2D eigenvalue weighted by Gasteiger charge is 2.45. The molecule has 1 saturated heterocycles. The number of rotatable bonds is 12. The molecule has 0 aromatic carbocycles. The quantitative estimate of drug-likeness (QED) is 0.349. The number of carboxylic acid groups (broad SMARTS) is 1. The van der Waals surface area contributed by atoms with E-state index in [1.54, 1.807) is 0 Å². The molecular weight excluding hydrogens is 356 g/mol. The summed E-state index contributed by atoms with van der Waals surface area (Å²) in [7, 11) is -3.32. The predicted molar refractivity (Wildman–Crippen MR) is 100 cm³/mol. The largest absolute Gasteiger partial charge is 0.481 e. The molecule has 0 spiro atoms. The monoisotopic (exact) mass is 388 g/mol. The van der Waals surface area contributed by atoms with Crippen LogP contribution >= 0.6 is 0 Å². The summed E-state index contributed by atoms with van der Waals surface area (Å²) in [6.07, 6.45) is 6.91. The first kappa shape index (κ1) is 22.9. The van der Waals surface area contributed by atoms with Gasteiger partial charge in [-0.15, -0.1) is 5.92 Å². The molecule has 3 atom stereocenters. The van der Waals surface area contributed by atoms with Crippen LogP contribution in [0.1, 0.15) is 70.6 Å². The fraction of sp³-hybridized carbons (Fsp3) is 0.842. The van der Waals surface area contributed by atoms with Crippen LogP contribution in [0, 0.1) is 17.8 Å². The number of aliphatic hydroxyl groups is 2. The lowest BCUT2D eigenvalue weighted by atomic mass is 9.95. The third kappa shape index (κ3) is 8.52. The Kier molecular flexibility index (Phi) is 10.9. The Bertz CT molecular complexity index is 575. The summed E-state index contributed by atoms with van der Waals surface area (Å²) in [6, 6.07) is 0. The van der Waals surface area contributed by atoms with Gasteiger partial charge in [-0.25, -0.2) is 8.42 Å². The lowest BCUT2D eigenvalue weighted by Crippen LogP contribution is -2.24. The number of hydrogen-bond acceptors (Lipinski definition) is 5. The molecule has 0 unspecified atom stereocenters. The van der Waals surface area contributed by atoms with E-state index in [-0.39, 0.29) is 18.8 Å². The standard InChI is InChI=1S/C19H32O6S/c20-14-10-6-2-1-3-7-11-16-17(21)15-26(24,25)18(16)12-8-4-5-9-13-19(22)23/h16-18,20-21H,1-6,8-10,12-15H2,(H,22,23)/t16-,17-,18-/m0/s1. The SMILES string of the molecule is O=C(O)CCCCCC[C@H]1[C@@H](C#CCCCCCCO)[C@@H](O)CS1(=O)=O. The van der Waals surface area contributed by atoms with E-state index in [9.17, 15) is 18.3 Å². The zero-order chi connectivity index (χ0) is 19.4. The number of unbranched alkanes of at least 4 members (excludes halogenated alkanes) is 7. The van der Waals surface area contributed by atoms with Crippen molar-refractivity contribution in [1.29, 1.82) is 0 Å². The van der Waals surface area contributed by atoms with E-state index >= 15 is 0 Å². The van der Waals surface area contributed by atoms with Gasteiger partial charge in [-0.05, 0) is 25.7 Å². The van der Waals surface area contributed by atoms with Crippen LogP contribution in [0.5, 0.6) is 0 Å². The minimum absolute atomic E-state index is 0.146. The van der Waals surface area contributed by atoms with Crippen molar-refractivity contribution < 1.29 is 28.5 Å². The molecule has 26 heavy (non-hydrogen) atoms. The van der Waals surface area contributed by atoms with Gasteiger partial charge >= 0.3 is 5.97 Å². The maximum atomic E-state index is 12.3. The molecule has 0 aromatic rings. The van der Waals surface area contributed by atoms with Gasteiger partial charge in [0.15, 0.2) is 9.84 Å². The molecule has 1 heterocycles. The average molecular weight is 389 g/mol. The number of carboxylic acids is 1. The maximum absolute atomic E-state index is 12.3. The predicted octanol–water partition coefficient (Wildman–Crippen LogP) is 2.13. The molecule has 0 radical (unpaired) electrons. The van der Waals surface area contributed by atoms with Crippen molar-refractivity contribution >= 4 is 15.8 Å². The van der Waals surface area contributed by atoms with E-state index in [0.29, 0.717) is 25.7 Å². The second kappa shape index (κ2) is 12.3. The summed E-state index contributed by atoms with van der Waals surface area (Å²) >= 11 is 0. The molecule has 7 heteroatoms. The topological polar surface area (TPSA) is 112 Å². The zero-order valence-electron chi connectivity index (χ0n) is 15.4. The van der Waals surface area contributed by atoms with E-state index in [2.05, 4.69) is 11.8 Å². The van der Waals surface area contributed by atoms with Crippen LogP contribution in [0.25, 0.3) is 0 Å². The van der Waals surface area contributed by atoms with Gasteiger partial charge in [0.25, 0.3) is 0 Å². The third-order valence-corrected chi connectivity index (χ3v) is 7.04. The fourth-order valence-corrected chi connectivity index (χ4v) is 5.48. The molecule has 3 N–H and O–H groups in total. The first-order valence-electron chi connectivity index (χ1n) is 9.59. The molecule has 1 aliphatic heterocycles. The smallest absolute Gasteiger partial charge is 0.303 e. The second-order valence-electron chi connectivity index (χ2n) is 7.02. The van der Waals surface area contributed by atoms with Gasteiger partial charge in [-0.3, -0.25) is 4.79 Å². The van der Waals surface area contributed by atoms with Gasteiger partial charge in [0.05, 0.1) is 23.0 Å². The minimum atomic E-state index is -3.32. The van der Waals surface area contributed by atoms with Crippen LogP contribution < -0.4 is 0 Å². The summed E-state index contributed by atoms with van der Waals surface area (Å²) in [4.78, 5) is 10.5. The molecule has 0 amide bonds. The summed E-state index contributed by atoms with van der Waals surface area (Å²) in [6.45, 7) is 0.204. The average Bonchev–Trinajstić information content (AvgIpc) is 2.78. The Labute approximate surface area is 156 Å². The summed E-state index contributed by atoms with van der Waals surface area (Å²) in [5, 5.41) is 26.8. The molecule has 0 aliphatic carbocycles. The third-order valence-electron chi connectivity index (χ3n) is 4.79. The summed E-state index contributed by atoms with van der Waals surface area (Å²) in [5.41, 5.74) is 0. The van der Waals surface area contributed by atoms with Gasteiger partial charge < -0.3 is 15.3 Å². The number of sulfone groups is 1. The summed E-state index contributed by atoms with van der Waals surface area (Å²) < 4.78 is 24.5. The Morgan fingerprint density at radius 2 is 1.65 bits per heavy atom. The van der Waals surface area contributed by atoms with Crippen LogP contribution in [0.3, 0.4) is 0 Å². The van der Waals surface area contributed by atoms with Crippen molar-refractivity contribution in [3.05, 3.63) is 0 Å². The van der Waals surface area contributed by atoms with Crippen LogP contribution in [-0.2, 0) is 14.6 Å². The summed E-state index contributed by atoms with van der Waals surface area (Å²) in [5.74, 6) is 4.47. The first-order chi connectivity index (χ1) is 12.4. The number of carbonyl (C=O) groups is 1. The zero-order valence-corrected chi connectivity index (χ0v) is 16.2. The van der Waals surface area contributed by atoms with E-state index in [1.807, 2.05) is 0 Å². The normalized spacial score (nSPS) is 24.2. The fourth-order valence-electron chi connectivity index (χ4n) is 3.33. The maximum Gasteiger partial charge on any atom is 0.303 e.